The van der Waals surface area contributed by atoms with Crippen LogP contribution in [0, 0.1) is 0 Å². The van der Waals surface area contributed by atoms with Crippen molar-refractivity contribution in [2.24, 2.45) is 0 Å². The van der Waals surface area contributed by atoms with E-state index in [1.807, 2.05) is 12.1 Å². The van der Waals surface area contributed by atoms with Crippen LogP contribution in [0.25, 0.3) is 0 Å². The molecule has 0 saturated carbocycles. The maximum absolute atomic E-state index is 12.2. The lowest BCUT2D eigenvalue weighted by molar-refractivity contribution is 0.0992. The molecule has 1 N–H and O–H groups in total. The van der Waals surface area contributed by atoms with Crippen LogP contribution < -0.4 is 14.8 Å². The first-order chi connectivity index (χ1) is 12.2. The molecule has 6 heteroatoms. The highest BCUT2D eigenvalue weighted by atomic mass is 35.5. The third-order valence-corrected chi connectivity index (χ3v) is 3.73. The van der Waals surface area contributed by atoms with Crippen molar-refractivity contribution < 1.29 is 18.7 Å². The summed E-state index contributed by atoms with van der Waals surface area (Å²) in [6, 6.07) is 17.5. The molecule has 3 rings (SSSR count). The number of halogens is 1. The van der Waals surface area contributed by atoms with E-state index in [-0.39, 0.29) is 18.3 Å². The van der Waals surface area contributed by atoms with Crippen molar-refractivity contribution in [2.75, 3.05) is 12.4 Å². The molecule has 0 radical (unpaired) electrons. The summed E-state index contributed by atoms with van der Waals surface area (Å²) in [5.74, 6) is 1.59. The third kappa shape index (κ3) is 4.33. The summed E-state index contributed by atoms with van der Waals surface area (Å²) >= 11 is 6.03. The number of amides is 1. The number of hydrogen-bond acceptors (Lipinski definition) is 4. The Labute approximate surface area is 150 Å². The number of carbonyl (C=O) groups is 1. The standard InChI is InChI=1S/C19H16ClNO4/c1-23-14-6-4-5-13(11-14)21-19(22)18-10-9-15(25-18)12-24-17-8-3-2-7-16(17)20/h2-11H,12H2,1H3,(H,21,22). The minimum atomic E-state index is -0.350. The van der Waals surface area contributed by atoms with Crippen LogP contribution in [-0.4, -0.2) is 13.0 Å². The van der Waals surface area contributed by atoms with Gasteiger partial charge in [-0.25, -0.2) is 0 Å². The number of carbonyl (C=O) groups excluding carboxylic acids is 1. The van der Waals surface area contributed by atoms with Gasteiger partial charge in [-0.05, 0) is 36.4 Å². The molecule has 0 atom stereocenters. The van der Waals surface area contributed by atoms with Crippen LogP contribution in [0.3, 0.4) is 0 Å². The molecule has 0 spiro atoms. The Morgan fingerprint density at radius 3 is 2.76 bits per heavy atom. The normalized spacial score (nSPS) is 10.3. The van der Waals surface area contributed by atoms with Gasteiger partial charge in [-0.2, -0.15) is 0 Å². The number of ether oxygens (including phenoxy) is 2. The summed E-state index contributed by atoms with van der Waals surface area (Å²) in [4.78, 5) is 12.2. The number of para-hydroxylation sites is 1. The Bertz CT molecular complexity index is 875. The van der Waals surface area contributed by atoms with E-state index in [9.17, 15) is 4.79 Å². The first-order valence-corrected chi connectivity index (χ1v) is 7.95. The van der Waals surface area contributed by atoms with E-state index >= 15 is 0 Å². The van der Waals surface area contributed by atoms with Crippen molar-refractivity contribution in [3.63, 3.8) is 0 Å². The molecule has 0 fully saturated rings. The molecule has 3 aromatic rings. The van der Waals surface area contributed by atoms with Crippen molar-refractivity contribution >= 4 is 23.2 Å². The highest BCUT2D eigenvalue weighted by Crippen LogP contribution is 2.24. The molecule has 25 heavy (non-hydrogen) atoms. The van der Waals surface area contributed by atoms with Crippen LogP contribution in [0.5, 0.6) is 11.5 Å². The highest BCUT2D eigenvalue weighted by Gasteiger charge is 2.12. The summed E-state index contributed by atoms with van der Waals surface area (Å²) in [7, 11) is 1.57. The van der Waals surface area contributed by atoms with E-state index in [1.54, 1.807) is 55.6 Å². The first kappa shape index (κ1) is 16.9. The molecule has 128 valence electrons. The lowest BCUT2D eigenvalue weighted by Crippen LogP contribution is -2.10. The Morgan fingerprint density at radius 2 is 1.96 bits per heavy atom. The van der Waals surface area contributed by atoms with Crippen LogP contribution in [0.1, 0.15) is 16.3 Å². The Kier molecular flexibility index (Phi) is 5.26. The van der Waals surface area contributed by atoms with E-state index in [0.29, 0.717) is 28.0 Å². The summed E-state index contributed by atoms with van der Waals surface area (Å²) in [5, 5.41) is 3.27. The van der Waals surface area contributed by atoms with Crippen molar-refractivity contribution in [1.29, 1.82) is 0 Å². The smallest absolute Gasteiger partial charge is 0.291 e. The molecule has 1 amide bonds. The number of rotatable bonds is 6. The molecule has 2 aromatic carbocycles. The molecule has 1 heterocycles. The summed E-state index contributed by atoms with van der Waals surface area (Å²) in [6.07, 6.45) is 0. The predicted octanol–water partition coefficient (Wildman–Crippen LogP) is 4.77. The fraction of sp³-hybridized carbons (Fsp3) is 0.105. The first-order valence-electron chi connectivity index (χ1n) is 7.57. The Balaban J connectivity index is 1.62. The van der Waals surface area contributed by atoms with E-state index < -0.39 is 0 Å². The van der Waals surface area contributed by atoms with E-state index in [1.165, 1.54) is 0 Å². The van der Waals surface area contributed by atoms with Crippen LogP contribution in [0.2, 0.25) is 5.02 Å². The fourth-order valence-corrected chi connectivity index (χ4v) is 2.37. The second-order valence-corrected chi connectivity index (χ2v) is 5.58. The van der Waals surface area contributed by atoms with Gasteiger partial charge in [0.25, 0.3) is 5.91 Å². The van der Waals surface area contributed by atoms with Crippen molar-refractivity contribution in [1.82, 2.24) is 0 Å². The van der Waals surface area contributed by atoms with Gasteiger partial charge in [-0.3, -0.25) is 4.79 Å². The number of hydrogen-bond donors (Lipinski definition) is 1. The van der Waals surface area contributed by atoms with Gasteiger partial charge in [0.1, 0.15) is 23.9 Å². The number of furan rings is 1. The zero-order valence-electron chi connectivity index (χ0n) is 13.5. The molecule has 0 aliphatic rings. The second kappa shape index (κ2) is 7.77. The van der Waals surface area contributed by atoms with Gasteiger partial charge >= 0.3 is 0 Å². The van der Waals surface area contributed by atoms with E-state index in [0.717, 1.165) is 0 Å². The zero-order chi connectivity index (χ0) is 17.6. The SMILES string of the molecule is COc1cccc(NC(=O)c2ccc(COc3ccccc3Cl)o2)c1. The average Bonchev–Trinajstić information content (AvgIpc) is 3.10. The lowest BCUT2D eigenvalue weighted by Gasteiger charge is -2.06. The topological polar surface area (TPSA) is 60.7 Å². The fourth-order valence-electron chi connectivity index (χ4n) is 2.18. The van der Waals surface area contributed by atoms with Gasteiger partial charge in [0, 0.05) is 11.8 Å². The molecular formula is C19H16ClNO4. The molecular weight excluding hydrogens is 342 g/mol. The van der Waals surface area contributed by atoms with Crippen molar-refractivity contribution in [2.45, 2.75) is 6.61 Å². The largest absolute Gasteiger partial charge is 0.497 e. The maximum Gasteiger partial charge on any atom is 0.291 e. The Morgan fingerprint density at radius 1 is 1.12 bits per heavy atom. The quantitative estimate of drug-likeness (QED) is 0.690. The minimum Gasteiger partial charge on any atom is -0.497 e. The van der Waals surface area contributed by atoms with Crippen LogP contribution >= 0.6 is 11.6 Å². The van der Waals surface area contributed by atoms with Gasteiger partial charge in [-0.15, -0.1) is 0 Å². The average molecular weight is 358 g/mol. The van der Waals surface area contributed by atoms with Gasteiger partial charge in [-0.1, -0.05) is 29.8 Å². The zero-order valence-corrected chi connectivity index (χ0v) is 14.2. The molecule has 0 unspecified atom stereocenters. The van der Waals surface area contributed by atoms with Gasteiger partial charge in [0.2, 0.25) is 0 Å². The van der Waals surface area contributed by atoms with Gasteiger partial charge < -0.3 is 19.2 Å². The summed E-state index contributed by atoms with van der Waals surface area (Å²) in [6.45, 7) is 0.177. The monoisotopic (exact) mass is 357 g/mol. The maximum atomic E-state index is 12.2. The van der Waals surface area contributed by atoms with Crippen LogP contribution in [0.15, 0.2) is 65.1 Å². The minimum absolute atomic E-state index is 0.177. The predicted molar refractivity (Wildman–Crippen MR) is 95.4 cm³/mol. The lowest BCUT2D eigenvalue weighted by atomic mass is 10.3. The van der Waals surface area contributed by atoms with Crippen molar-refractivity contribution in [3.8, 4) is 11.5 Å². The number of nitrogens with one attached hydrogen (secondary N) is 1. The number of benzene rings is 2. The third-order valence-electron chi connectivity index (χ3n) is 3.42. The van der Waals surface area contributed by atoms with E-state index in [4.69, 9.17) is 25.5 Å². The van der Waals surface area contributed by atoms with Gasteiger partial charge in [0.05, 0.1) is 12.1 Å². The molecule has 5 nitrogen and oxygen atoms in total. The number of methoxy groups -OCH3 is 1. The molecule has 0 aliphatic heterocycles. The number of anilines is 1. The Hall–Kier alpha value is -2.92. The van der Waals surface area contributed by atoms with Crippen LogP contribution in [-0.2, 0) is 6.61 Å². The van der Waals surface area contributed by atoms with E-state index in [2.05, 4.69) is 5.32 Å². The van der Waals surface area contributed by atoms with Crippen LogP contribution in [0.4, 0.5) is 5.69 Å². The molecule has 0 bridgehead atoms. The van der Waals surface area contributed by atoms with Gasteiger partial charge in [0.15, 0.2) is 5.76 Å². The van der Waals surface area contributed by atoms with Crippen molar-refractivity contribution in [3.05, 3.63) is 77.2 Å². The second-order valence-electron chi connectivity index (χ2n) is 5.17. The molecule has 0 saturated heterocycles. The molecule has 0 aliphatic carbocycles. The molecule has 1 aromatic heterocycles. The summed E-state index contributed by atoms with van der Waals surface area (Å²) in [5.41, 5.74) is 0.620. The summed E-state index contributed by atoms with van der Waals surface area (Å²) < 4.78 is 16.2. The highest BCUT2D eigenvalue weighted by molar-refractivity contribution is 6.32.